The molecule has 6 heteroatoms. The van der Waals surface area contributed by atoms with Gasteiger partial charge in [-0.05, 0) is 17.7 Å². The molecule has 1 heterocycles. The maximum absolute atomic E-state index is 11.5. The Morgan fingerprint density at radius 1 is 1.47 bits per heavy atom. The Kier molecular flexibility index (Phi) is 2.91. The molecule has 1 aliphatic rings. The molecule has 0 fully saturated rings. The fourth-order valence-electron chi connectivity index (χ4n) is 2.09. The number of anilines is 1. The average Bonchev–Trinajstić information content (AvgIpc) is 2.54. The number of rotatable bonds is 1. The molecule has 17 heavy (non-hydrogen) atoms. The van der Waals surface area contributed by atoms with Gasteiger partial charge in [-0.15, -0.1) is 0 Å². The lowest BCUT2D eigenvalue weighted by atomic mass is 10.0. The summed E-state index contributed by atoms with van der Waals surface area (Å²) in [7, 11) is 1.54. The lowest BCUT2D eigenvalue weighted by Crippen LogP contribution is -2.26. The molecule has 1 unspecified atom stereocenters. The predicted molar refractivity (Wildman–Crippen MR) is 65.9 cm³/mol. The zero-order valence-electron chi connectivity index (χ0n) is 9.47. The van der Waals surface area contributed by atoms with E-state index in [-0.39, 0.29) is 16.7 Å². The number of carbonyl (C=O) groups excluding carboxylic acids is 1. The van der Waals surface area contributed by atoms with Gasteiger partial charge in [0, 0.05) is 35.8 Å². The van der Waals surface area contributed by atoms with Gasteiger partial charge in [-0.3, -0.25) is 4.79 Å². The Hall–Kier alpha value is -1.07. The van der Waals surface area contributed by atoms with E-state index in [0.29, 0.717) is 12.2 Å². The van der Waals surface area contributed by atoms with Crippen LogP contribution in [-0.2, 0) is 13.8 Å². The van der Waals surface area contributed by atoms with E-state index in [2.05, 4.69) is 0 Å². The molecule has 2 rings (SSSR count). The molecule has 0 bridgehead atoms. The number of amides is 1. The van der Waals surface area contributed by atoms with E-state index >= 15 is 0 Å². The van der Waals surface area contributed by atoms with Crippen LogP contribution in [0.2, 0.25) is 0 Å². The van der Waals surface area contributed by atoms with Crippen molar-refractivity contribution >= 4 is 31.3 Å². The van der Waals surface area contributed by atoms with Crippen LogP contribution in [0.4, 0.5) is 5.69 Å². The summed E-state index contributed by atoms with van der Waals surface area (Å²) in [5.41, 5.74) is 1.62. The second-order valence-electron chi connectivity index (χ2n) is 4.19. The second kappa shape index (κ2) is 3.99. The summed E-state index contributed by atoms with van der Waals surface area (Å²) >= 11 is 0. The van der Waals surface area contributed by atoms with Crippen LogP contribution in [0, 0.1) is 0 Å². The number of nitrogens with zero attached hydrogens (tertiary/aromatic N) is 1. The minimum Gasteiger partial charge on any atom is -0.312 e. The summed E-state index contributed by atoms with van der Waals surface area (Å²) in [5, 5.41) is 0. The maximum Gasteiger partial charge on any atom is 0.261 e. The second-order valence-corrected chi connectivity index (χ2v) is 6.76. The summed E-state index contributed by atoms with van der Waals surface area (Å²) in [5.74, 6) is 0.112. The monoisotopic (exact) mass is 273 g/mol. The van der Waals surface area contributed by atoms with Crippen LogP contribution in [0.3, 0.4) is 0 Å². The van der Waals surface area contributed by atoms with Crippen molar-refractivity contribution in [3.05, 3.63) is 23.8 Å². The molecule has 4 nitrogen and oxygen atoms in total. The Bertz CT molecular complexity index is 582. The number of fused-ring (bicyclic) bond motifs is 1. The molecule has 0 saturated heterocycles. The van der Waals surface area contributed by atoms with E-state index in [4.69, 9.17) is 10.7 Å². The van der Waals surface area contributed by atoms with E-state index in [0.717, 1.165) is 5.56 Å². The molecule has 0 aromatic heterocycles. The van der Waals surface area contributed by atoms with E-state index in [1.165, 1.54) is 19.1 Å². The largest absolute Gasteiger partial charge is 0.312 e. The van der Waals surface area contributed by atoms with Crippen molar-refractivity contribution in [2.24, 2.45) is 0 Å². The molecule has 1 atom stereocenters. The van der Waals surface area contributed by atoms with Crippen LogP contribution in [0.15, 0.2) is 23.1 Å². The Morgan fingerprint density at radius 3 is 2.65 bits per heavy atom. The van der Waals surface area contributed by atoms with Crippen LogP contribution in [0.5, 0.6) is 0 Å². The number of hydrogen-bond acceptors (Lipinski definition) is 3. The van der Waals surface area contributed by atoms with Gasteiger partial charge in [-0.1, -0.05) is 13.0 Å². The van der Waals surface area contributed by atoms with Crippen molar-refractivity contribution in [2.75, 3.05) is 11.4 Å². The van der Waals surface area contributed by atoms with Crippen LogP contribution >= 0.6 is 10.7 Å². The van der Waals surface area contributed by atoms with Gasteiger partial charge >= 0.3 is 0 Å². The van der Waals surface area contributed by atoms with Gasteiger partial charge in [-0.25, -0.2) is 8.42 Å². The Labute approximate surface area is 105 Å². The molecule has 1 aromatic rings. The minimum absolute atomic E-state index is 0.0262. The summed E-state index contributed by atoms with van der Waals surface area (Å²) in [6.07, 6.45) is 0. The number of halogens is 1. The molecular weight excluding hydrogens is 262 g/mol. The number of hydrogen-bond donors (Lipinski definition) is 0. The third-order valence-electron chi connectivity index (χ3n) is 2.94. The first-order valence-electron chi connectivity index (χ1n) is 5.17. The van der Waals surface area contributed by atoms with Gasteiger partial charge < -0.3 is 4.90 Å². The van der Waals surface area contributed by atoms with E-state index in [9.17, 15) is 13.2 Å². The van der Waals surface area contributed by atoms with Gasteiger partial charge in [0.15, 0.2) is 0 Å². The van der Waals surface area contributed by atoms with Crippen molar-refractivity contribution in [2.45, 2.75) is 24.7 Å². The van der Waals surface area contributed by atoms with Gasteiger partial charge in [0.1, 0.15) is 0 Å². The predicted octanol–water partition coefficient (Wildman–Crippen LogP) is 2.08. The third-order valence-corrected chi connectivity index (χ3v) is 4.29. The minimum atomic E-state index is -3.76. The molecule has 92 valence electrons. The highest BCUT2D eigenvalue weighted by Crippen LogP contribution is 2.37. The standard InChI is InChI=1S/C11H12ClNO3S/c1-7-6-13(8(2)14)11-5-9(17(12,15)16)3-4-10(7)11/h3-5,7H,6H2,1-2H3. The van der Waals surface area contributed by atoms with Gasteiger partial charge in [-0.2, -0.15) is 0 Å². The Morgan fingerprint density at radius 2 is 2.12 bits per heavy atom. The highest BCUT2D eigenvalue weighted by atomic mass is 35.7. The lowest BCUT2D eigenvalue weighted by Gasteiger charge is -2.15. The molecule has 1 aliphatic heterocycles. The highest BCUT2D eigenvalue weighted by Gasteiger charge is 2.29. The van der Waals surface area contributed by atoms with Gasteiger partial charge in [0.2, 0.25) is 5.91 Å². The fraction of sp³-hybridized carbons (Fsp3) is 0.364. The van der Waals surface area contributed by atoms with Gasteiger partial charge in [0.25, 0.3) is 9.05 Å². The first-order valence-corrected chi connectivity index (χ1v) is 7.48. The lowest BCUT2D eigenvalue weighted by molar-refractivity contribution is -0.116. The van der Waals surface area contributed by atoms with Crippen LogP contribution < -0.4 is 4.90 Å². The van der Waals surface area contributed by atoms with Crippen molar-refractivity contribution < 1.29 is 13.2 Å². The summed E-state index contributed by atoms with van der Waals surface area (Å²) in [4.78, 5) is 13.1. The maximum atomic E-state index is 11.5. The molecule has 0 saturated carbocycles. The summed E-state index contributed by atoms with van der Waals surface area (Å²) in [6.45, 7) is 4.04. The molecule has 0 spiro atoms. The zero-order valence-corrected chi connectivity index (χ0v) is 11.0. The molecule has 1 amide bonds. The third kappa shape index (κ3) is 2.17. The SMILES string of the molecule is CC(=O)N1CC(C)c2ccc(S(=O)(=O)Cl)cc21. The zero-order chi connectivity index (χ0) is 12.8. The molecule has 1 aromatic carbocycles. The van der Waals surface area contributed by atoms with Crippen LogP contribution in [0.1, 0.15) is 25.3 Å². The van der Waals surface area contributed by atoms with E-state index < -0.39 is 9.05 Å². The normalized spacial score (nSPS) is 19.2. The Balaban J connectivity index is 2.58. The highest BCUT2D eigenvalue weighted by molar-refractivity contribution is 8.13. The van der Waals surface area contributed by atoms with E-state index in [1.54, 1.807) is 11.0 Å². The molecule has 0 N–H and O–H groups in total. The van der Waals surface area contributed by atoms with Crippen LogP contribution in [0.25, 0.3) is 0 Å². The first kappa shape index (κ1) is 12.4. The van der Waals surface area contributed by atoms with Crippen molar-refractivity contribution in [3.8, 4) is 0 Å². The molecular formula is C11H12ClNO3S. The van der Waals surface area contributed by atoms with Crippen molar-refractivity contribution in [3.63, 3.8) is 0 Å². The first-order chi connectivity index (χ1) is 7.80. The quantitative estimate of drug-likeness (QED) is 0.736. The molecule has 0 radical (unpaired) electrons. The molecule has 0 aliphatic carbocycles. The van der Waals surface area contributed by atoms with Crippen LogP contribution in [-0.4, -0.2) is 20.9 Å². The fourth-order valence-corrected chi connectivity index (χ4v) is 2.87. The topological polar surface area (TPSA) is 54.5 Å². The summed E-state index contributed by atoms with van der Waals surface area (Å²) < 4.78 is 22.5. The van der Waals surface area contributed by atoms with Crippen molar-refractivity contribution in [1.82, 2.24) is 0 Å². The number of carbonyl (C=O) groups is 1. The van der Waals surface area contributed by atoms with E-state index in [1.807, 2.05) is 6.92 Å². The van der Waals surface area contributed by atoms with Crippen molar-refractivity contribution in [1.29, 1.82) is 0 Å². The summed E-state index contributed by atoms with van der Waals surface area (Å²) in [6, 6.07) is 4.65. The number of benzene rings is 1. The average molecular weight is 274 g/mol. The van der Waals surface area contributed by atoms with Gasteiger partial charge in [0.05, 0.1) is 4.90 Å². The smallest absolute Gasteiger partial charge is 0.261 e.